The topological polar surface area (TPSA) is 91.4 Å². The fourth-order valence-electron chi connectivity index (χ4n) is 3.31. The molecule has 1 aromatic heterocycles. The number of ether oxygens (including phenoxy) is 1. The van der Waals surface area contributed by atoms with Gasteiger partial charge in [-0.2, -0.15) is 0 Å². The average Bonchev–Trinajstić information content (AvgIpc) is 3.09. The SMILES string of the molecule is CCC(NC(=O)CCc1c(-c2ccc(OC)cc2)[nH]c2ccccc12)C(=O)O. The van der Waals surface area contributed by atoms with Gasteiger partial charge in [0.05, 0.1) is 7.11 Å². The molecule has 0 saturated heterocycles. The molecule has 0 aliphatic heterocycles. The van der Waals surface area contributed by atoms with Crippen molar-refractivity contribution in [2.24, 2.45) is 0 Å². The number of carbonyl (C=O) groups is 2. The van der Waals surface area contributed by atoms with Crippen molar-refractivity contribution in [1.29, 1.82) is 0 Å². The summed E-state index contributed by atoms with van der Waals surface area (Å²) >= 11 is 0. The van der Waals surface area contributed by atoms with E-state index in [2.05, 4.69) is 10.3 Å². The number of hydrogen-bond acceptors (Lipinski definition) is 3. The van der Waals surface area contributed by atoms with Crippen molar-refractivity contribution >= 4 is 22.8 Å². The van der Waals surface area contributed by atoms with Crippen LogP contribution in [0.1, 0.15) is 25.3 Å². The molecule has 0 fully saturated rings. The molecule has 146 valence electrons. The molecule has 0 aliphatic carbocycles. The maximum Gasteiger partial charge on any atom is 0.326 e. The number of hydrogen-bond donors (Lipinski definition) is 3. The molecule has 1 atom stereocenters. The van der Waals surface area contributed by atoms with Crippen LogP contribution in [0.3, 0.4) is 0 Å². The molecule has 0 radical (unpaired) electrons. The number of fused-ring (bicyclic) bond motifs is 1. The van der Waals surface area contributed by atoms with Crippen molar-refractivity contribution in [1.82, 2.24) is 10.3 Å². The lowest BCUT2D eigenvalue weighted by Crippen LogP contribution is -2.40. The van der Waals surface area contributed by atoms with E-state index in [1.54, 1.807) is 14.0 Å². The van der Waals surface area contributed by atoms with Crippen molar-refractivity contribution in [3.63, 3.8) is 0 Å². The maximum absolute atomic E-state index is 12.3. The van der Waals surface area contributed by atoms with Gasteiger partial charge in [0, 0.05) is 23.0 Å². The molecular weight excluding hydrogens is 356 g/mol. The predicted molar refractivity (Wildman–Crippen MR) is 108 cm³/mol. The van der Waals surface area contributed by atoms with Crippen LogP contribution in [0.5, 0.6) is 5.75 Å². The highest BCUT2D eigenvalue weighted by Crippen LogP contribution is 2.32. The van der Waals surface area contributed by atoms with Crippen molar-refractivity contribution in [2.75, 3.05) is 7.11 Å². The van der Waals surface area contributed by atoms with Crippen LogP contribution in [0.2, 0.25) is 0 Å². The van der Waals surface area contributed by atoms with Gasteiger partial charge in [0.15, 0.2) is 0 Å². The second-order valence-corrected chi connectivity index (χ2v) is 6.62. The maximum atomic E-state index is 12.3. The van der Waals surface area contributed by atoms with Crippen LogP contribution in [-0.4, -0.2) is 35.1 Å². The highest BCUT2D eigenvalue weighted by atomic mass is 16.5. The lowest BCUT2D eigenvalue weighted by molar-refractivity contribution is -0.141. The van der Waals surface area contributed by atoms with E-state index in [4.69, 9.17) is 9.84 Å². The number of methoxy groups -OCH3 is 1. The Balaban J connectivity index is 1.86. The summed E-state index contributed by atoms with van der Waals surface area (Å²) < 4.78 is 5.23. The van der Waals surface area contributed by atoms with Crippen molar-refractivity contribution in [3.05, 3.63) is 54.1 Å². The molecule has 3 aromatic rings. The zero-order chi connectivity index (χ0) is 20.1. The highest BCUT2D eigenvalue weighted by molar-refractivity contribution is 5.91. The van der Waals surface area contributed by atoms with E-state index in [9.17, 15) is 9.59 Å². The third kappa shape index (κ3) is 4.17. The molecule has 3 N–H and O–H groups in total. The molecule has 28 heavy (non-hydrogen) atoms. The number of amides is 1. The van der Waals surface area contributed by atoms with Crippen LogP contribution < -0.4 is 10.1 Å². The monoisotopic (exact) mass is 380 g/mol. The van der Waals surface area contributed by atoms with Gasteiger partial charge in [0.2, 0.25) is 5.91 Å². The van der Waals surface area contributed by atoms with Crippen LogP contribution in [-0.2, 0) is 16.0 Å². The van der Waals surface area contributed by atoms with Crippen molar-refractivity contribution in [3.8, 4) is 17.0 Å². The molecule has 2 aromatic carbocycles. The van der Waals surface area contributed by atoms with Gasteiger partial charge in [-0.15, -0.1) is 0 Å². The minimum atomic E-state index is -1.01. The zero-order valence-electron chi connectivity index (χ0n) is 16.0. The number of rotatable bonds is 8. The first-order valence-electron chi connectivity index (χ1n) is 9.29. The summed E-state index contributed by atoms with van der Waals surface area (Å²) in [6.07, 6.45) is 1.08. The van der Waals surface area contributed by atoms with Crippen LogP contribution in [0.25, 0.3) is 22.2 Å². The summed E-state index contributed by atoms with van der Waals surface area (Å²) in [6.45, 7) is 1.74. The van der Waals surface area contributed by atoms with E-state index in [0.717, 1.165) is 33.5 Å². The third-order valence-corrected chi connectivity index (χ3v) is 4.84. The third-order valence-electron chi connectivity index (χ3n) is 4.84. The number of aryl methyl sites for hydroxylation is 1. The number of aromatic nitrogens is 1. The fourth-order valence-corrected chi connectivity index (χ4v) is 3.31. The quantitative estimate of drug-likeness (QED) is 0.555. The van der Waals surface area contributed by atoms with Gasteiger partial charge in [0.1, 0.15) is 11.8 Å². The van der Waals surface area contributed by atoms with Gasteiger partial charge in [-0.3, -0.25) is 4.79 Å². The Hall–Kier alpha value is -3.28. The number of aliphatic carboxylic acids is 1. The lowest BCUT2D eigenvalue weighted by Gasteiger charge is -2.12. The van der Waals surface area contributed by atoms with E-state index in [-0.39, 0.29) is 12.3 Å². The van der Waals surface area contributed by atoms with Gasteiger partial charge in [-0.1, -0.05) is 25.1 Å². The Bertz CT molecular complexity index is 976. The molecule has 6 nitrogen and oxygen atoms in total. The summed E-state index contributed by atoms with van der Waals surface area (Å²) in [6, 6.07) is 14.9. The predicted octanol–water partition coefficient (Wildman–Crippen LogP) is 3.76. The van der Waals surface area contributed by atoms with Gasteiger partial charge in [0.25, 0.3) is 0 Å². The van der Waals surface area contributed by atoms with E-state index >= 15 is 0 Å². The van der Waals surface area contributed by atoms with E-state index in [1.807, 2.05) is 48.5 Å². The molecule has 0 bridgehead atoms. The minimum Gasteiger partial charge on any atom is -0.497 e. The standard InChI is InChI=1S/C22H24N2O4/c1-3-18(22(26)27)23-20(25)13-12-17-16-6-4-5-7-19(16)24-21(17)14-8-10-15(28-2)11-9-14/h4-11,18,24H,3,12-13H2,1-2H3,(H,23,25)(H,26,27). The number of H-pyrrole nitrogens is 1. The van der Waals surface area contributed by atoms with E-state index in [0.29, 0.717) is 12.8 Å². The minimum absolute atomic E-state index is 0.217. The smallest absolute Gasteiger partial charge is 0.326 e. The fraction of sp³-hybridized carbons (Fsp3) is 0.273. The molecule has 0 spiro atoms. The largest absolute Gasteiger partial charge is 0.497 e. The molecule has 1 heterocycles. The van der Waals surface area contributed by atoms with Crippen LogP contribution in [0.15, 0.2) is 48.5 Å². The number of carbonyl (C=O) groups excluding carboxylic acids is 1. The highest BCUT2D eigenvalue weighted by Gasteiger charge is 2.19. The average molecular weight is 380 g/mol. The second-order valence-electron chi connectivity index (χ2n) is 6.62. The number of benzene rings is 2. The Morgan fingerprint density at radius 3 is 2.50 bits per heavy atom. The number of carboxylic acid groups (broad SMARTS) is 1. The molecule has 6 heteroatoms. The number of aromatic amines is 1. The molecule has 1 amide bonds. The normalized spacial score (nSPS) is 11.9. The van der Waals surface area contributed by atoms with Gasteiger partial charge >= 0.3 is 5.97 Å². The van der Waals surface area contributed by atoms with Crippen LogP contribution >= 0.6 is 0 Å². The Morgan fingerprint density at radius 1 is 1.14 bits per heavy atom. The Kier molecular flexibility index (Phi) is 5.99. The Labute approximate surface area is 163 Å². The second kappa shape index (κ2) is 8.61. The van der Waals surface area contributed by atoms with Crippen molar-refractivity contribution < 1.29 is 19.4 Å². The summed E-state index contributed by atoms with van der Waals surface area (Å²) in [5.74, 6) is -0.498. The summed E-state index contributed by atoms with van der Waals surface area (Å²) in [7, 11) is 1.63. The molecule has 1 unspecified atom stereocenters. The summed E-state index contributed by atoms with van der Waals surface area (Å²) in [5.41, 5.74) is 4.01. The van der Waals surface area contributed by atoms with Crippen molar-refractivity contribution in [2.45, 2.75) is 32.2 Å². The van der Waals surface area contributed by atoms with Crippen LogP contribution in [0.4, 0.5) is 0 Å². The molecule has 0 aliphatic rings. The van der Waals surface area contributed by atoms with E-state index in [1.165, 1.54) is 0 Å². The molecular formula is C22H24N2O4. The molecule has 3 rings (SSSR count). The zero-order valence-corrected chi connectivity index (χ0v) is 16.0. The molecule has 0 saturated carbocycles. The first-order valence-corrected chi connectivity index (χ1v) is 9.29. The van der Waals surface area contributed by atoms with Gasteiger partial charge in [-0.05, 0) is 54.3 Å². The first-order chi connectivity index (χ1) is 13.5. The number of carboxylic acids is 1. The summed E-state index contributed by atoms with van der Waals surface area (Å²) in [5, 5.41) is 12.8. The van der Waals surface area contributed by atoms with Gasteiger partial charge in [-0.25, -0.2) is 4.79 Å². The van der Waals surface area contributed by atoms with E-state index < -0.39 is 12.0 Å². The first kappa shape index (κ1) is 19.5. The lowest BCUT2D eigenvalue weighted by atomic mass is 10.0. The Morgan fingerprint density at radius 2 is 1.86 bits per heavy atom. The number of nitrogens with one attached hydrogen (secondary N) is 2. The van der Waals surface area contributed by atoms with Gasteiger partial charge < -0.3 is 20.1 Å². The van der Waals surface area contributed by atoms with Crippen LogP contribution in [0, 0.1) is 0 Å². The number of para-hydroxylation sites is 1. The summed E-state index contributed by atoms with van der Waals surface area (Å²) in [4.78, 5) is 26.9.